The molecular weight excluding hydrogens is 962 g/mol. The summed E-state index contributed by atoms with van der Waals surface area (Å²) in [6, 6.07) is 25.4. The first kappa shape index (κ1) is 58.6. The number of likely N-dealkylation sites (N-methyl/N-ethyl adjacent to an activating group) is 1. The maximum Gasteiger partial charge on any atom is 0.419 e. The predicted octanol–water partition coefficient (Wildman–Crippen LogP) is 9.44. The lowest BCUT2D eigenvalue weighted by Crippen LogP contribution is -2.55. The Hall–Kier alpha value is -7.01. The van der Waals surface area contributed by atoms with Gasteiger partial charge in [0.1, 0.15) is 30.3 Å². The van der Waals surface area contributed by atoms with Crippen molar-refractivity contribution in [3.8, 4) is 34.3 Å². The van der Waals surface area contributed by atoms with Crippen LogP contribution in [0.25, 0.3) is 22.5 Å². The average Bonchev–Trinajstić information content (AvgIpc) is 4.10. The molecule has 1 saturated heterocycles. The number of likely N-dealkylation sites (tertiary alicyclic amines) is 1. The van der Waals surface area contributed by atoms with Crippen molar-refractivity contribution < 1.29 is 46.2 Å². The molecule has 73 heavy (non-hydrogen) atoms. The number of thiocarbonyl (C=S) groups is 1. The molecule has 2 N–H and O–H groups in total. The Morgan fingerprint density at radius 2 is 1.58 bits per heavy atom. The molecule has 15 nitrogen and oxygen atoms in total. The Labute approximate surface area is 431 Å². The Bertz CT molecular complexity index is 2570. The molecule has 2 atom stereocenters. The Balaban J connectivity index is 0.000000404. The highest BCUT2D eigenvalue weighted by atomic mass is 32.1. The monoisotopic (exact) mass is 1030 g/mol. The number of nitriles is 1. The Morgan fingerprint density at radius 1 is 0.945 bits per heavy atom. The minimum Gasteiger partial charge on any atom is -0.494 e. The number of pyridine rings is 1. The summed E-state index contributed by atoms with van der Waals surface area (Å²) in [5, 5.41) is 15.1. The number of carbonyl (C=O) groups excluding carboxylic acids is 4. The number of hydrogen-bond donors (Lipinski definition) is 2. The first-order valence-electron chi connectivity index (χ1n) is 23.7. The number of rotatable bonds is 20. The number of aromatic nitrogens is 2. The number of oxazole rings is 1. The van der Waals surface area contributed by atoms with Gasteiger partial charge in [-0.25, -0.2) is 9.97 Å². The van der Waals surface area contributed by atoms with E-state index in [0.29, 0.717) is 25.0 Å². The number of amides is 3. The molecule has 0 spiro atoms. The van der Waals surface area contributed by atoms with Crippen molar-refractivity contribution in [1.29, 1.82) is 5.26 Å². The lowest BCUT2D eigenvalue weighted by Gasteiger charge is -2.38. The minimum absolute atomic E-state index is 0.0161. The van der Waals surface area contributed by atoms with Crippen molar-refractivity contribution in [2.75, 3.05) is 50.3 Å². The summed E-state index contributed by atoms with van der Waals surface area (Å²) in [5.74, 6) is 0.826. The molecule has 0 bridgehead atoms. The minimum atomic E-state index is -4.84. The van der Waals surface area contributed by atoms with Crippen molar-refractivity contribution in [2.45, 2.75) is 97.6 Å². The quantitative estimate of drug-likeness (QED) is 0.0428. The molecule has 6 rings (SSSR count). The van der Waals surface area contributed by atoms with Crippen LogP contribution >= 0.6 is 12.2 Å². The highest BCUT2D eigenvalue weighted by Gasteiger charge is 2.39. The summed E-state index contributed by atoms with van der Waals surface area (Å²) >= 11 is 5.01. The number of carbonyl (C=O) groups is 4. The van der Waals surface area contributed by atoms with Crippen LogP contribution < -0.4 is 25.2 Å². The van der Waals surface area contributed by atoms with E-state index in [9.17, 15) is 32.3 Å². The van der Waals surface area contributed by atoms with Crippen LogP contribution in [0.4, 0.5) is 24.5 Å². The van der Waals surface area contributed by atoms with Gasteiger partial charge in [-0.05, 0) is 106 Å². The van der Waals surface area contributed by atoms with Crippen LogP contribution in [0.15, 0.2) is 102 Å². The van der Waals surface area contributed by atoms with Gasteiger partial charge in [0, 0.05) is 44.0 Å². The number of ether oxygens (including phenoxy) is 2. The molecule has 1 aliphatic heterocycles. The molecule has 2 aromatic heterocycles. The van der Waals surface area contributed by atoms with Gasteiger partial charge in [-0.3, -0.25) is 19.3 Å². The fraction of sp³-hybridized carbons (Fsp3) is 0.407. The first-order valence-corrected chi connectivity index (χ1v) is 24.1. The molecule has 0 radical (unpaired) electrons. The molecule has 0 saturated carbocycles. The van der Waals surface area contributed by atoms with Crippen LogP contribution in [0.1, 0.15) is 84.0 Å². The highest BCUT2D eigenvalue weighted by molar-refractivity contribution is 7.79. The lowest BCUT2D eigenvalue weighted by molar-refractivity contribution is -0.138. The van der Waals surface area contributed by atoms with Gasteiger partial charge in [-0.1, -0.05) is 81.5 Å². The van der Waals surface area contributed by atoms with Crippen LogP contribution in [-0.4, -0.2) is 103 Å². The van der Waals surface area contributed by atoms with Gasteiger partial charge in [0.2, 0.25) is 12.3 Å². The fourth-order valence-corrected chi connectivity index (χ4v) is 7.32. The van der Waals surface area contributed by atoms with E-state index in [1.165, 1.54) is 22.9 Å². The summed E-state index contributed by atoms with van der Waals surface area (Å²) < 4.78 is 57.2. The van der Waals surface area contributed by atoms with Crippen molar-refractivity contribution in [3.05, 3.63) is 114 Å². The molecule has 2 unspecified atom stereocenters. The zero-order valence-corrected chi connectivity index (χ0v) is 43.4. The Kier molecular flexibility index (Phi) is 22.2. The zero-order valence-electron chi connectivity index (χ0n) is 42.6. The van der Waals surface area contributed by atoms with E-state index in [4.69, 9.17) is 31.4 Å². The van der Waals surface area contributed by atoms with Gasteiger partial charge in [-0.2, -0.15) is 18.4 Å². The van der Waals surface area contributed by atoms with E-state index in [1.807, 2.05) is 74.6 Å². The molecule has 1 fully saturated rings. The van der Waals surface area contributed by atoms with Gasteiger partial charge in [-0.15, -0.1) is 0 Å². The number of unbranched alkanes of at least 4 members (excludes halogenated alkanes) is 1. The molecule has 390 valence electrons. The van der Waals surface area contributed by atoms with Gasteiger partial charge >= 0.3 is 6.18 Å². The van der Waals surface area contributed by atoms with Crippen molar-refractivity contribution >= 4 is 53.6 Å². The first-order chi connectivity index (χ1) is 34.7. The molecular formula is C54H65F3N8O7S. The van der Waals surface area contributed by atoms with Crippen LogP contribution in [0, 0.1) is 16.7 Å². The maximum absolute atomic E-state index is 13.7. The highest BCUT2D eigenvalue weighted by Crippen LogP contribution is 2.35. The number of nitrogens with one attached hydrogen (secondary N) is 2. The molecule has 3 aromatic carbocycles. The number of nitrogens with zero attached hydrogens (tertiary/aromatic N) is 6. The second kappa shape index (κ2) is 27.7. The van der Waals surface area contributed by atoms with E-state index in [0.717, 1.165) is 96.3 Å². The van der Waals surface area contributed by atoms with Crippen molar-refractivity contribution in [2.24, 2.45) is 5.41 Å². The van der Waals surface area contributed by atoms with Crippen molar-refractivity contribution in [1.82, 2.24) is 25.5 Å². The molecule has 19 heteroatoms. The van der Waals surface area contributed by atoms with Crippen LogP contribution in [0.5, 0.6) is 5.75 Å². The normalized spacial score (nSPS) is 13.7. The summed E-state index contributed by atoms with van der Waals surface area (Å²) in [7, 11) is 3.64. The number of hydrogen-bond acceptors (Lipinski definition) is 13. The van der Waals surface area contributed by atoms with Gasteiger partial charge in [0.25, 0.3) is 5.91 Å². The van der Waals surface area contributed by atoms with E-state index in [-0.39, 0.29) is 35.7 Å². The third kappa shape index (κ3) is 17.3. The van der Waals surface area contributed by atoms with Crippen LogP contribution in [0.2, 0.25) is 0 Å². The number of halogens is 3. The SMILES string of the molecule is CC(NC(=O)COCCCCOc1ccc(-c2ccc(N(C)C(C)(C)C(=O)N(C=S)c3cnc(C#N)c(C(F)(F)F)c3)cc2)cc1)C(C)(C)C.CNCc1ccc(-c2cnco2)cc1.O=CC1CCCN1C=O. The Morgan fingerprint density at radius 3 is 2.11 bits per heavy atom. The topological polar surface area (TPSA) is 183 Å². The van der Waals surface area contributed by atoms with E-state index < -0.39 is 28.9 Å². The van der Waals surface area contributed by atoms with E-state index >= 15 is 0 Å². The summed E-state index contributed by atoms with van der Waals surface area (Å²) in [4.78, 5) is 57.7. The van der Waals surface area contributed by atoms with Gasteiger partial charge < -0.3 is 39.1 Å². The number of anilines is 2. The fourth-order valence-electron chi connectivity index (χ4n) is 7.10. The second-order valence-corrected chi connectivity index (χ2v) is 18.9. The van der Waals surface area contributed by atoms with E-state index in [2.05, 4.69) is 53.5 Å². The third-order valence-corrected chi connectivity index (χ3v) is 12.4. The van der Waals surface area contributed by atoms with Gasteiger partial charge in [0.15, 0.2) is 17.8 Å². The number of aldehydes is 1. The number of benzene rings is 3. The molecule has 0 aliphatic carbocycles. The summed E-state index contributed by atoms with van der Waals surface area (Å²) in [5.41, 5.74) is 2.36. The number of alkyl halides is 3. The summed E-state index contributed by atoms with van der Waals surface area (Å²) in [6.07, 6.45) is 4.25. The van der Waals surface area contributed by atoms with Crippen LogP contribution in [0.3, 0.4) is 0 Å². The van der Waals surface area contributed by atoms with Crippen LogP contribution in [-0.2, 0) is 36.6 Å². The standard InChI is InChI=1S/C37H44F3N5O4S.C11H12N2O.C6H9NO2/c1-25(35(2,3)4)43-33(46)23-48-18-8-9-19-49-30-16-12-27(13-17-30)26-10-14-28(15-11-26)44(7)36(5,6)34(47)45(24-50)29-20-31(37(38,39)40)32(21-41)42-22-29;1-12-6-9-2-4-10(5-3-9)11-7-13-8-14-11;8-4-6-2-1-3-7(6)5-9/h10-17,20,22,24-25H,8-9,18-19,23H2,1-7H3,(H,43,46);2-5,7-8,12H,6H2,1H3;4-6H,1-3H2. The zero-order chi connectivity index (χ0) is 53.8. The largest absolute Gasteiger partial charge is 0.494 e. The third-order valence-electron chi connectivity index (χ3n) is 12.2. The second-order valence-electron chi connectivity index (χ2n) is 18.7. The maximum atomic E-state index is 13.7. The lowest BCUT2D eigenvalue weighted by atomic mass is 9.88. The van der Waals surface area contributed by atoms with Gasteiger partial charge in [0.05, 0.1) is 41.8 Å². The predicted molar refractivity (Wildman–Crippen MR) is 279 cm³/mol. The average molecular weight is 1030 g/mol. The molecule has 3 amide bonds. The van der Waals surface area contributed by atoms with E-state index in [1.54, 1.807) is 32.0 Å². The molecule has 5 aromatic rings. The molecule has 3 heterocycles. The molecule has 1 aliphatic rings. The summed E-state index contributed by atoms with van der Waals surface area (Å²) in [6.45, 7) is 14.1. The van der Waals surface area contributed by atoms with Crippen molar-refractivity contribution in [3.63, 3.8) is 0 Å². The smallest absolute Gasteiger partial charge is 0.419 e.